The van der Waals surface area contributed by atoms with Crippen molar-refractivity contribution in [1.82, 2.24) is 4.90 Å². The Hall–Kier alpha value is -3.55. The van der Waals surface area contributed by atoms with Crippen LogP contribution < -0.4 is 0 Å². The molecule has 3 rings (SSSR count). The minimum Gasteiger partial charge on any atom is -0.508 e. The van der Waals surface area contributed by atoms with E-state index in [1.807, 2.05) is 12.2 Å². The molecule has 0 spiro atoms. The van der Waals surface area contributed by atoms with E-state index in [1.54, 1.807) is 17.1 Å². The molecule has 1 saturated heterocycles. The third kappa shape index (κ3) is 7.23. The summed E-state index contributed by atoms with van der Waals surface area (Å²) >= 11 is 0. The Kier molecular flexibility index (Phi) is 9.31. The Morgan fingerprint density at radius 1 is 1.21 bits per heavy atom. The van der Waals surface area contributed by atoms with E-state index in [2.05, 4.69) is 11.7 Å². The molecule has 34 heavy (non-hydrogen) atoms. The Bertz CT molecular complexity index is 989. The topological polar surface area (TPSA) is 109 Å². The smallest absolute Gasteiger partial charge is 0.342 e. The number of phenolic OH excluding ortho intramolecular Hbond substituents is 2. The minimum atomic E-state index is -0.697. The Morgan fingerprint density at radius 3 is 2.76 bits per heavy atom. The van der Waals surface area contributed by atoms with Crippen molar-refractivity contribution in [2.45, 2.75) is 44.9 Å². The highest BCUT2D eigenvalue weighted by Crippen LogP contribution is 2.29. The fourth-order valence-corrected chi connectivity index (χ4v) is 3.97. The number of allylic oxidation sites excluding steroid dienone is 4. The zero-order valence-corrected chi connectivity index (χ0v) is 19.4. The first-order valence-corrected chi connectivity index (χ1v) is 11.6. The van der Waals surface area contributed by atoms with Gasteiger partial charge in [0.25, 0.3) is 5.91 Å². The summed E-state index contributed by atoms with van der Waals surface area (Å²) < 4.78 is 5.37. The Labute approximate surface area is 199 Å². The molecular formula is C26H32N2O6. The summed E-state index contributed by atoms with van der Waals surface area (Å²) in [6.45, 7) is 5.21. The van der Waals surface area contributed by atoms with E-state index in [0.717, 1.165) is 56.8 Å². The quantitative estimate of drug-likeness (QED) is 0.510. The highest BCUT2D eigenvalue weighted by atomic mass is 16.6. The molecule has 1 fully saturated rings. The van der Waals surface area contributed by atoms with Gasteiger partial charge in [-0.05, 0) is 55.4 Å². The van der Waals surface area contributed by atoms with E-state index in [9.17, 15) is 19.8 Å². The molecule has 0 radical (unpaired) electrons. The number of hydrogen-bond donors (Lipinski definition) is 2. The molecule has 8 heteroatoms. The van der Waals surface area contributed by atoms with Gasteiger partial charge in [-0.3, -0.25) is 4.79 Å². The van der Waals surface area contributed by atoms with Gasteiger partial charge in [-0.25, -0.2) is 4.79 Å². The standard InChI is InChI=1S/C26H32N2O6/c1-2-19-9-5-3-6-10-21(27-34-18-24(31)28-12-7-4-8-13-28)15-20-16-22(29)17-23(30)25(20)26(32)33-14-11-19/h2,6,9-10,16-17,29-30H,1,3-5,7-8,11-15,18H2/b10-6+,19-9+,27-21+. The van der Waals surface area contributed by atoms with Gasteiger partial charge in [0.1, 0.15) is 17.1 Å². The number of hydrogen-bond acceptors (Lipinski definition) is 7. The van der Waals surface area contributed by atoms with Crippen molar-refractivity contribution < 1.29 is 29.4 Å². The number of benzene rings is 1. The first-order valence-electron chi connectivity index (χ1n) is 11.6. The fourth-order valence-electron chi connectivity index (χ4n) is 3.97. The number of amides is 1. The van der Waals surface area contributed by atoms with Crippen LogP contribution in [0.3, 0.4) is 0 Å². The van der Waals surface area contributed by atoms with Crippen LogP contribution in [0.5, 0.6) is 11.5 Å². The van der Waals surface area contributed by atoms with Gasteiger partial charge in [0, 0.05) is 32.0 Å². The maximum atomic E-state index is 12.7. The summed E-state index contributed by atoms with van der Waals surface area (Å²) in [4.78, 5) is 32.3. The highest BCUT2D eigenvalue weighted by molar-refractivity contribution is 6.00. The molecule has 1 aromatic carbocycles. The van der Waals surface area contributed by atoms with Gasteiger partial charge in [-0.15, -0.1) is 0 Å². The number of cyclic esters (lactones) is 1. The zero-order valence-electron chi connectivity index (χ0n) is 19.4. The SMILES string of the molecule is C=C/C1=C\CC/C=C/C(=N\OCC(=O)N2CCCCC2)Cc2cc(O)cc(O)c2C(=O)OCC1. The number of esters is 1. The lowest BCUT2D eigenvalue weighted by molar-refractivity contribution is -0.137. The van der Waals surface area contributed by atoms with Crippen LogP contribution in [0.2, 0.25) is 0 Å². The minimum absolute atomic E-state index is 0.0375. The predicted molar refractivity (Wildman–Crippen MR) is 129 cm³/mol. The fraction of sp³-hybridized carbons (Fsp3) is 0.423. The molecule has 0 saturated carbocycles. The number of ether oxygens (including phenoxy) is 1. The van der Waals surface area contributed by atoms with E-state index in [1.165, 1.54) is 6.07 Å². The normalized spacial score (nSPS) is 21.4. The number of piperidine rings is 1. The summed E-state index contributed by atoms with van der Waals surface area (Å²) in [6.07, 6.45) is 12.7. The van der Waals surface area contributed by atoms with Crippen molar-refractivity contribution in [3.63, 3.8) is 0 Å². The van der Waals surface area contributed by atoms with Gasteiger partial charge in [-0.1, -0.05) is 30.0 Å². The number of carbonyl (C=O) groups excluding carboxylic acids is 2. The van der Waals surface area contributed by atoms with E-state index in [-0.39, 0.29) is 42.6 Å². The van der Waals surface area contributed by atoms with E-state index in [4.69, 9.17) is 9.57 Å². The Morgan fingerprint density at radius 2 is 2.00 bits per heavy atom. The number of carbonyl (C=O) groups is 2. The lowest BCUT2D eigenvalue weighted by Gasteiger charge is -2.26. The van der Waals surface area contributed by atoms with Crippen molar-refractivity contribution in [3.8, 4) is 11.5 Å². The highest BCUT2D eigenvalue weighted by Gasteiger charge is 2.21. The van der Waals surface area contributed by atoms with Crippen LogP contribution in [-0.2, 0) is 20.8 Å². The molecule has 0 bridgehead atoms. The number of likely N-dealkylation sites (tertiary alicyclic amines) is 1. The second kappa shape index (κ2) is 12.6. The molecule has 2 N–H and O–H groups in total. The molecule has 2 aliphatic heterocycles. The summed E-state index contributed by atoms with van der Waals surface area (Å²) in [7, 11) is 0. The lowest BCUT2D eigenvalue weighted by atomic mass is 9.99. The first-order chi connectivity index (χ1) is 16.5. The number of aromatic hydroxyl groups is 2. The third-order valence-electron chi connectivity index (χ3n) is 5.77. The van der Waals surface area contributed by atoms with Crippen LogP contribution in [-0.4, -0.2) is 59.0 Å². The first kappa shape index (κ1) is 25.1. The van der Waals surface area contributed by atoms with Crippen molar-refractivity contribution in [3.05, 3.63) is 59.7 Å². The van der Waals surface area contributed by atoms with Gasteiger partial charge < -0.3 is 24.7 Å². The van der Waals surface area contributed by atoms with E-state index in [0.29, 0.717) is 17.7 Å². The molecule has 1 aromatic rings. The molecule has 182 valence electrons. The van der Waals surface area contributed by atoms with Crippen molar-refractivity contribution >= 4 is 17.6 Å². The van der Waals surface area contributed by atoms with Crippen molar-refractivity contribution in [2.24, 2.45) is 5.16 Å². The molecule has 1 amide bonds. The van der Waals surface area contributed by atoms with E-state index < -0.39 is 5.97 Å². The number of fused-ring (bicyclic) bond motifs is 1. The Balaban J connectivity index is 1.84. The van der Waals surface area contributed by atoms with Gasteiger partial charge in [-0.2, -0.15) is 0 Å². The van der Waals surface area contributed by atoms with Crippen LogP contribution in [0.25, 0.3) is 0 Å². The maximum Gasteiger partial charge on any atom is 0.342 e. The van der Waals surface area contributed by atoms with E-state index >= 15 is 0 Å². The monoisotopic (exact) mass is 468 g/mol. The van der Waals surface area contributed by atoms with Gasteiger partial charge in [0.2, 0.25) is 0 Å². The average molecular weight is 469 g/mol. The second-order valence-corrected chi connectivity index (χ2v) is 8.32. The van der Waals surface area contributed by atoms with Crippen molar-refractivity contribution in [2.75, 3.05) is 26.3 Å². The number of oxime groups is 1. The number of phenols is 2. The third-order valence-corrected chi connectivity index (χ3v) is 5.77. The zero-order chi connectivity index (χ0) is 24.3. The molecule has 8 nitrogen and oxygen atoms in total. The van der Waals surface area contributed by atoms with Crippen LogP contribution in [0, 0.1) is 0 Å². The molecule has 0 atom stereocenters. The molecule has 0 unspecified atom stereocenters. The van der Waals surface area contributed by atoms with Crippen LogP contribution in [0.1, 0.15) is 54.4 Å². The van der Waals surface area contributed by atoms with Gasteiger partial charge in [0.15, 0.2) is 6.61 Å². The summed E-state index contributed by atoms with van der Waals surface area (Å²) in [6, 6.07) is 2.48. The largest absolute Gasteiger partial charge is 0.508 e. The lowest BCUT2D eigenvalue weighted by Crippen LogP contribution is -2.37. The predicted octanol–water partition coefficient (Wildman–Crippen LogP) is 4.03. The molecule has 0 aromatic heterocycles. The summed E-state index contributed by atoms with van der Waals surface area (Å²) in [5.41, 5.74) is 1.70. The average Bonchev–Trinajstić information content (AvgIpc) is 2.82. The van der Waals surface area contributed by atoms with Crippen LogP contribution in [0.15, 0.2) is 53.7 Å². The van der Waals surface area contributed by atoms with Crippen molar-refractivity contribution in [1.29, 1.82) is 0 Å². The molecule has 2 heterocycles. The molecule has 2 aliphatic rings. The molecular weight excluding hydrogens is 436 g/mol. The summed E-state index contributed by atoms with van der Waals surface area (Å²) in [5, 5.41) is 24.5. The van der Waals surface area contributed by atoms with Crippen LogP contribution in [0.4, 0.5) is 0 Å². The molecule has 0 aliphatic carbocycles. The second-order valence-electron chi connectivity index (χ2n) is 8.32. The number of rotatable bonds is 4. The number of nitrogens with zero attached hydrogens (tertiary/aromatic N) is 2. The van der Waals surface area contributed by atoms with Gasteiger partial charge >= 0.3 is 5.97 Å². The maximum absolute atomic E-state index is 12.7. The van der Waals surface area contributed by atoms with Crippen LogP contribution >= 0.6 is 0 Å². The van der Waals surface area contributed by atoms with Gasteiger partial charge in [0.05, 0.1) is 12.3 Å². The summed E-state index contributed by atoms with van der Waals surface area (Å²) in [5.74, 6) is -1.38.